The van der Waals surface area contributed by atoms with E-state index in [4.69, 9.17) is 15.2 Å². The summed E-state index contributed by atoms with van der Waals surface area (Å²) in [6.07, 6.45) is 0.977. The van der Waals surface area contributed by atoms with Gasteiger partial charge in [0, 0.05) is 13.0 Å². The van der Waals surface area contributed by atoms with Crippen molar-refractivity contribution in [2.45, 2.75) is 18.9 Å². The first kappa shape index (κ1) is 15.3. The number of amides is 2. The molecule has 2 rings (SSSR count). The fourth-order valence-corrected chi connectivity index (χ4v) is 2.35. The zero-order chi connectivity index (χ0) is 15.2. The Hall–Kier alpha value is -2.08. The van der Waals surface area contributed by atoms with Gasteiger partial charge < -0.3 is 20.5 Å². The Balaban J connectivity index is 2.05. The zero-order valence-electron chi connectivity index (χ0n) is 12.0. The first-order chi connectivity index (χ1) is 10.1. The molecule has 1 fully saturated rings. The predicted octanol–water partition coefficient (Wildman–Crippen LogP) is 0.244. The fraction of sp³-hybridized carbons (Fsp3) is 0.467. The molecule has 1 aliphatic heterocycles. The molecule has 6 heteroatoms. The molecule has 0 saturated carbocycles. The third-order valence-corrected chi connectivity index (χ3v) is 3.58. The van der Waals surface area contributed by atoms with E-state index in [9.17, 15) is 9.59 Å². The predicted molar refractivity (Wildman–Crippen MR) is 76.7 cm³/mol. The highest BCUT2D eigenvalue weighted by molar-refractivity contribution is 5.88. The molecule has 0 radical (unpaired) electrons. The maximum Gasteiger partial charge on any atom is 0.240 e. The standard InChI is InChI=1S/C15H20N2O4/c1-20-13-5-3-2-4-10(13)8-12(14(16)18)17-15(19)11-6-7-21-9-11/h2-5,11-12H,6-9H2,1H3,(H2,16,18)(H,17,19)/t11-,12+/m0/s1. The molecule has 0 unspecified atom stereocenters. The lowest BCUT2D eigenvalue weighted by Crippen LogP contribution is -2.48. The molecule has 2 atom stereocenters. The lowest BCUT2D eigenvalue weighted by molar-refractivity contribution is -0.129. The Morgan fingerprint density at radius 1 is 1.48 bits per heavy atom. The van der Waals surface area contributed by atoms with Gasteiger partial charge in [-0.15, -0.1) is 0 Å². The van der Waals surface area contributed by atoms with Crippen molar-refractivity contribution in [3.63, 3.8) is 0 Å². The number of methoxy groups -OCH3 is 1. The molecule has 0 aliphatic carbocycles. The highest BCUT2D eigenvalue weighted by Gasteiger charge is 2.27. The lowest BCUT2D eigenvalue weighted by atomic mass is 10.0. The summed E-state index contributed by atoms with van der Waals surface area (Å²) in [6.45, 7) is 0.970. The van der Waals surface area contributed by atoms with Crippen molar-refractivity contribution in [3.8, 4) is 5.75 Å². The number of ether oxygens (including phenoxy) is 2. The minimum absolute atomic E-state index is 0.189. The van der Waals surface area contributed by atoms with Crippen LogP contribution >= 0.6 is 0 Å². The highest BCUT2D eigenvalue weighted by atomic mass is 16.5. The normalized spacial score (nSPS) is 19.0. The van der Waals surface area contributed by atoms with Gasteiger partial charge in [0.25, 0.3) is 0 Å². The van der Waals surface area contributed by atoms with E-state index in [1.54, 1.807) is 13.2 Å². The van der Waals surface area contributed by atoms with Gasteiger partial charge in [-0.1, -0.05) is 18.2 Å². The number of hydrogen-bond donors (Lipinski definition) is 2. The number of nitrogens with two attached hydrogens (primary N) is 1. The van der Waals surface area contributed by atoms with Crippen molar-refractivity contribution in [1.29, 1.82) is 0 Å². The van der Waals surface area contributed by atoms with Crippen LogP contribution in [0.4, 0.5) is 0 Å². The second-order valence-electron chi connectivity index (χ2n) is 5.04. The number of hydrogen-bond acceptors (Lipinski definition) is 4. The van der Waals surface area contributed by atoms with Crippen LogP contribution in [-0.2, 0) is 20.7 Å². The van der Waals surface area contributed by atoms with Crippen LogP contribution in [0, 0.1) is 5.92 Å². The Labute approximate surface area is 123 Å². The van der Waals surface area contributed by atoms with E-state index in [0.29, 0.717) is 31.8 Å². The van der Waals surface area contributed by atoms with Crippen molar-refractivity contribution in [2.75, 3.05) is 20.3 Å². The fourth-order valence-electron chi connectivity index (χ4n) is 2.35. The van der Waals surface area contributed by atoms with Crippen molar-refractivity contribution in [2.24, 2.45) is 11.7 Å². The van der Waals surface area contributed by atoms with Gasteiger partial charge in [0.05, 0.1) is 19.6 Å². The quantitative estimate of drug-likeness (QED) is 0.786. The zero-order valence-corrected chi connectivity index (χ0v) is 12.0. The van der Waals surface area contributed by atoms with Crippen LogP contribution in [0.25, 0.3) is 0 Å². The molecule has 0 aromatic heterocycles. The summed E-state index contributed by atoms with van der Waals surface area (Å²) in [4.78, 5) is 23.7. The SMILES string of the molecule is COc1ccccc1C[C@@H](NC(=O)[C@H]1CCOC1)C(N)=O. The van der Waals surface area contributed by atoms with Crippen LogP contribution in [0.3, 0.4) is 0 Å². The molecular weight excluding hydrogens is 272 g/mol. The van der Waals surface area contributed by atoms with E-state index in [2.05, 4.69) is 5.32 Å². The molecule has 1 saturated heterocycles. The molecule has 6 nitrogen and oxygen atoms in total. The van der Waals surface area contributed by atoms with Crippen molar-refractivity contribution in [3.05, 3.63) is 29.8 Å². The summed E-state index contributed by atoms with van der Waals surface area (Å²) in [5, 5.41) is 2.71. The largest absolute Gasteiger partial charge is 0.496 e. The van der Waals surface area contributed by atoms with E-state index in [-0.39, 0.29) is 11.8 Å². The van der Waals surface area contributed by atoms with E-state index in [0.717, 1.165) is 5.56 Å². The molecule has 0 bridgehead atoms. The minimum atomic E-state index is -0.755. The van der Waals surface area contributed by atoms with Crippen LogP contribution in [0.15, 0.2) is 24.3 Å². The monoisotopic (exact) mass is 292 g/mol. The van der Waals surface area contributed by atoms with Gasteiger partial charge in [0.15, 0.2) is 0 Å². The molecule has 114 valence electrons. The highest BCUT2D eigenvalue weighted by Crippen LogP contribution is 2.19. The first-order valence-corrected chi connectivity index (χ1v) is 6.91. The van der Waals surface area contributed by atoms with Crippen LogP contribution in [-0.4, -0.2) is 38.2 Å². The molecule has 2 amide bonds. The van der Waals surface area contributed by atoms with Crippen LogP contribution < -0.4 is 15.8 Å². The third kappa shape index (κ3) is 3.95. The molecule has 1 heterocycles. The maximum atomic E-state index is 12.1. The van der Waals surface area contributed by atoms with Crippen LogP contribution in [0.2, 0.25) is 0 Å². The summed E-state index contributed by atoms with van der Waals surface area (Å²) in [6, 6.07) is 6.59. The topological polar surface area (TPSA) is 90.7 Å². The van der Waals surface area contributed by atoms with Gasteiger partial charge in [-0.05, 0) is 18.1 Å². The Morgan fingerprint density at radius 2 is 2.24 bits per heavy atom. The minimum Gasteiger partial charge on any atom is -0.496 e. The van der Waals surface area contributed by atoms with Crippen LogP contribution in [0.1, 0.15) is 12.0 Å². The van der Waals surface area contributed by atoms with Gasteiger partial charge in [0.2, 0.25) is 11.8 Å². The molecule has 0 spiro atoms. The number of rotatable bonds is 6. The van der Waals surface area contributed by atoms with Gasteiger partial charge in [0.1, 0.15) is 11.8 Å². The Kier molecular flexibility index (Phi) is 5.16. The van der Waals surface area contributed by atoms with E-state index < -0.39 is 11.9 Å². The first-order valence-electron chi connectivity index (χ1n) is 6.91. The third-order valence-electron chi connectivity index (χ3n) is 3.58. The molecule has 21 heavy (non-hydrogen) atoms. The lowest BCUT2D eigenvalue weighted by Gasteiger charge is -2.18. The number of primary amides is 1. The van der Waals surface area contributed by atoms with Crippen LogP contribution in [0.5, 0.6) is 5.75 Å². The van der Waals surface area contributed by atoms with E-state index in [1.807, 2.05) is 18.2 Å². The molecule has 1 aliphatic rings. The number of para-hydroxylation sites is 1. The molecule has 1 aromatic rings. The summed E-state index contributed by atoms with van der Waals surface area (Å²) in [5.74, 6) is -0.286. The average Bonchev–Trinajstić information content (AvgIpc) is 3.01. The number of benzene rings is 1. The Morgan fingerprint density at radius 3 is 2.86 bits per heavy atom. The smallest absolute Gasteiger partial charge is 0.240 e. The van der Waals surface area contributed by atoms with Crippen molar-refractivity contribution < 1.29 is 19.1 Å². The van der Waals surface area contributed by atoms with E-state index >= 15 is 0 Å². The van der Waals surface area contributed by atoms with Gasteiger partial charge in [-0.3, -0.25) is 9.59 Å². The summed E-state index contributed by atoms with van der Waals surface area (Å²) in [7, 11) is 1.56. The second-order valence-corrected chi connectivity index (χ2v) is 5.04. The average molecular weight is 292 g/mol. The van der Waals surface area contributed by atoms with Gasteiger partial charge >= 0.3 is 0 Å². The van der Waals surface area contributed by atoms with Gasteiger partial charge in [-0.25, -0.2) is 0 Å². The molecule has 3 N–H and O–H groups in total. The maximum absolute atomic E-state index is 12.1. The summed E-state index contributed by atoms with van der Waals surface area (Å²) >= 11 is 0. The number of carbonyl (C=O) groups is 2. The number of nitrogens with one attached hydrogen (secondary N) is 1. The summed E-state index contributed by atoms with van der Waals surface area (Å²) < 4.78 is 10.4. The van der Waals surface area contributed by atoms with Crippen molar-refractivity contribution >= 4 is 11.8 Å². The molecular formula is C15H20N2O4. The van der Waals surface area contributed by atoms with Crippen molar-refractivity contribution in [1.82, 2.24) is 5.32 Å². The second kappa shape index (κ2) is 7.08. The van der Waals surface area contributed by atoms with Gasteiger partial charge in [-0.2, -0.15) is 0 Å². The molecule has 1 aromatic carbocycles. The van der Waals surface area contributed by atoms with E-state index in [1.165, 1.54) is 0 Å². The summed E-state index contributed by atoms with van der Waals surface area (Å²) in [5.41, 5.74) is 6.22. The number of carbonyl (C=O) groups excluding carboxylic acids is 2. The Bertz CT molecular complexity index is 512.